The standard InChI is InChI=1S/C21H16Cl3FN2O3/c1-11-7-16(12(2)27(11)15-5-3-14(25)4-6-15)21(29)30-10-19(28)26-20-17(23)8-13(22)9-18(20)24/h3-9H,10H2,1-2H3,(H,26,28). The number of ether oxygens (including phenoxy) is 1. The van der Waals surface area contributed by atoms with Crippen LogP contribution < -0.4 is 5.32 Å². The predicted molar refractivity (Wildman–Crippen MR) is 116 cm³/mol. The highest BCUT2D eigenvalue weighted by atomic mass is 35.5. The lowest BCUT2D eigenvalue weighted by molar-refractivity contribution is -0.119. The Morgan fingerprint density at radius 2 is 1.63 bits per heavy atom. The van der Waals surface area contributed by atoms with Crippen LogP contribution in [-0.4, -0.2) is 23.1 Å². The third-order valence-electron chi connectivity index (χ3n) is 4.34. The SMILES string of the molecule is Cc1cc(C(=O)OCC(=O)Nc2c(Cl)cc(Cl)cc2Cl)c(C)n1-c1ccc(F)cc1. The summed E-state index contributed by atoms with van der Waals surface area (Å²) < 4.78 is 20.1. The van der Waals surface area contributed by atoms with Crippen molar-refractivity contribution in [2.24, 2.45) is 0 Å². The predicted octanol–water partition coefficient (Wildman–Crippen LogP) is 5.99. The molecule has 0 fully saturated rings. The first-order chi connectivity index (χ1) is 14.2. The number of nitrogens with zero attached hydrogens (tertiary/aromatic N) is 1. The van der Waals surface area contributed by atoms with Crippen LogP contribution in [0.4, 0.5) is 10.1 Å². The maximum absolute atomic E-state index is 13.2. The van der Waals surface area contributed by atoms with Crippen molar-refractivity contribution >= 4 is 52.4 Å². The minimum Gasteiger partial charge on any atom is -0.452 e. The Bertz CT molecular complexity index is 1100. The molecule has 0 bridgehead atoms. The van der Waals surface area contributed by atoms with Gasteiger partial charge in [-0.15, -0.1) is 0 Å². The van der Waals surface area contributed by atoms with Crippen LogP contribution in [0.3, 0.4) is 0 Å². The van der Waals surface area contributed by atoms with E-state index in [9.17, 15) is 14.0 Å². The van der Waals surface area contributed by atoms with E-state index in [1.54, 1.807) is 29.7 Å². The normalized spacial score (nSPS) is 10.7. The molecule has 156 valence electrons. The molecule has 5 nitrogen and oxygen atoms in total. The van der Waals surface area contributed by atoms with Crippen LogP contribution in [-0.2, 0) is 9.53 Å². The van der Waals surface area contributed by atoms with Crippen molar-refractivity contribution in [3.8, 4) is 5.69 Å². The monoisotopic (exact) mass is 468 g/mol. The summed E-state index contributed by atoms with van der Waals surface area (Å²) in [6.07, 6.45) is 0. The zero-order valence-corrected chi connectivity index (χ0v) is 18.2. The minimum absolute atomic E-state index is 0.162. The maximum Gasteiger partial charge on any atom is 0.340 e. The average Bonchev–Trinajstić information content (AvgIpc) is 2.98. The van der Waals surface area contributed by atoms with Crippen LogP contribution in [0.25, 0.3) is 5.69 Å². The number of halogens is 4. The first-order valence-corrected chi connectivity index (χ1v) is 9.87. The van der Waals surface area contributed by atoms with E-state index in [4.69, 9.17) is 39.5 Å². The lowest BCUT2D eigenvalue weighted by Crippen LogP contribution is -2.21. The molecule has 1 amide bonds. The maximum atomic E-state index is 13.2. The Morgan fingerprint density at radius 1 is 1.03 bits per heavy atom. The van der Waals surface area contributed by atoms with Crippen molar-refractivity contribution in [2.75, 3.05) is 11.9 Å². The van der Waals surface area contributed by atoms with E-state index in [2.05, 4.69) is 5.32 Å². The number of hydrogen-bond donors (Lipinski definition) is 1. The number of carbonyl (C=O) groups excluding carboxylic acids is 2. The highest BCUT2D eigenvalue weighted by molar-refractivity contribution is 6.42. The molecule has 0 saturated carbocycles. The molecule has 1 N–H and O–H groups in total. The Balaban J connectivity index is 1.70. The molecule has 3 aromatic rings. The summed E-state index contributed by atoms with van der Waals surface area (Å²) in [7, 11) is 0. The van der Waals surface area contributed by atoms with Gasteiger partial charge in [0.1, 0.15) is 5.82 Å². The Morgan fingerprint density at radius 3 is 2.23 bits per heavy atom. The molecule has 0 saturated heterocycles. The zero-order chi connectivity index (χ0) is 22.0. The van der Waals surface area contributed by atoms with Crippen molar-refractivity contribution in [1.82, 2.24) is 4.57 Å². The lowest BCUT2D eigenvalue weighted by atomic mass is 10.2. The van der Waals surface area contributed by atoms with E-state index in [1.807, 2.05) is 6.92 Å². The molecule has 0 aliphatic carbocycles. The third-order valence-corrected chi connectivity index (χ3v) is 5.16. The Labute approximate surface area is 187 Å². The number of benzene rings is 2. The molecular formula is C21H16Cl3FN2O3. The molecule has 30 heavy (non-hydrogen) atoms. The van der Waals surface area contributed by atoms with Gasteiger partial charge in [0.25, 0.3) is 5.91 Å². The molecule has 3 rings (SSSR count). The largest absolute Gasteiger partial charge is 0.452 e. The summed E-state index contributed by atoms with van der Waals surface area (Å²) in [6, 6.07) is 10.4. The van der Waals surface area contributed by atoms with Gasteiger partial charge >= 0.3 is 5.97 Å². The summed E-state index contributed by atoms with van der Waals surface area (Å²) in [6.45, 7) is 3.01. The average molecular weight is 470 g/mol. The fraction of sp³-hybridized carbons (Fsp3) is 0.143. The summed E-state index contributed by atoms with van der Waals surface area (Å²) in [5, 5.41) is 3.14. The minimum atomic E-state index is -0.667. The molecule has 0 aliphatic rings. The van der Waals surface area contributed by atoms with E-state index in [0.717, 1.165) is 5.69 Å². The zero-order valence-electron chi connectivity index (χ0n) is 15.9. The van der Waals surface area contributed by atoms with Crippen molar-refractivity contribution in [2.45, 2.75) is 13.8 Å². The van der Waals surface area contributed by atoms with Gasteiger partial charge in [-0.25, -0.2) is 9.18 Å². The van der Waals surface area contributed by atoms with Crippen LogP contribution in [0.2, 0.25) is 15.1 Å². The fourth-order valence-electron chi connectivity index (χ4n) is 3.00. The Hall–Kier alpha value is -2.54. The number of anilines is 1. The van der Waals surface area contributed by atoms with Crippen LogP contribution in [0.5, 0.6) is 0 Å². The number of aryl methyl sites for hydroxylation is 1. The number of nitrogens with one attached hydrogen (secondary N) is 1. The first kappa shape index (κ1) is 22.2. The molecular weight excluding hydrogens is 454 g/mol. The first-order valence-electron chi connectivity index (χ1n) is 8.73. The van der Waals surface area contributed by atoms with Crippen molar-refractivity contribution < 1.29 is 18.7 Å². The number of esters is 1. The van der Waals surface area contributed by atoms with Crippen LogP contribution in [0.1, 0.15) is 21.7 Å². The van der Waals surface area contributed by atoms with Gasteiger partial charge in [0.15, 0.2) is 6.61 Å². The van der Waals surface area contributed by atoms with Gasteiger partial charge in [0, 0.05) is 22.1 Å². The van der Waals surface area contributed by atoms with Crippen LogP contribution in [0.15, 0.2) is 42.5 Å². The summed E-state index contributed by atoms with van der Waals surface area (Å²) >= 11 is 17.9. The second-order valence-corrected chi connectivity index (χ2v) is 7.72. The van der Waals surface area contributed by atoms with E-state index < -0.39 is 18.5 Å². The second-order valence-electron chi connectivity index (χ2n) is 6.47. The van der Waals surface area contributed by atoms with Crippen LogP contribution >= 0.6 is 34.8 Å². The number of carbonyl (C=O) groups is 2. The third kappa shape index (κ3) is 4.78. The quantitative estimate of drug-likeness (QED) is 0.467. The van der Waals surface area contributed by atoms with Gasteiger partial charge in [-0.2, -0.15) is 0 Å². The fourth-order valence-corrected chi connectivity index (χ4v) is 3.91. The molecule has 0 aliphatic heterocycles. The smallest absolute Gasteiger partial charge is 0.340 e. The van der Waals surface area contributed by atoms with Crippen molar-refractivity contribution in [3.63, 3.8) is 0 Å². The molecule has 1 aromatic heterocycles. The molecule has 1 heterocycles. The van der Waals surface area contributed by atoms with Gasteiger partial charge in [-0.3, -0.25) is 4.79 Å². The lowest BCUT2D eigenvalue weighted by Gasteiger charge is -2.11. The van der Waals surface area contributed by atoms with Gasteiger partial charge < -0.3 is 14.6 Å². The second kappa shape index (κ2) is 9.08. The van der Waals surface area contributed by atoms with Crippen molar-refractivity contribution in [3.05, 3.63) is 80.3 Å². The van der Waals surface area contributed by atoms with E-state index >= 15 is 0 Å². The summed E-state index contributed by atoms with van der Waals surface area (Å²) in [4.78, 5) is 24.7. The number of aromatic nitrogens is 1. The summed E-state index contributed by atoms with van der Waals surface area (Å²) in [5.41, 5.74) is 2.55. The highest BCUT2D eigenvalue weighted by Gasteiger charge is 2.19. The number of hydrogen-bond acceptors (Lipinski definition) is 3. The molecule has 0 atom stereocenters. The molecule has 0 radical (unpaired) electrons. The van der Waals surface area contributed by atoms with Crippen molar-refractivity contribution in [1.29, 1.82) is 0 Å². The molecule has 0 spiro atoms. The van der Waals surface area contributed by atoms with Gasteiger partial charge in [0.2, 0.25) is 0 Å². The Kier molecular flexibility index (Phi) is 6.71. The van der Waals surface area contributed by atoms with E-state index in [-0.39, 0.29) is 21.5 Å². The highest BCUT2D eigenvalue weighted by Crippen LogP contribution is 2.33. The number of amides is 1. The van der Waals surface area contributed by atoms with Gasteiger partial charge in [0.05, 0.1) is 21.3 Å². The molecule has 0 unspecified atom stereocenters. The van der Waals surface area contributed by atoms with Crippen LogP contribution in [0, 0.1) is 19.7 Å². The van der Waals surface area contributed by atoms with E-state index in [1.165, 1.54) is 24.3 Å². The van der Waals surface area contributed by atoms with Gasteiger partial charge in [-0.1, -0.05) is 34.8 Å². The van der Waals surface area contributed by atoms with E-state index in [0.29, 0.717) is 22.0 Å². The topological polar surface area (TPSA) is 60.3 Å². The number of rotatable bonds is 5. The molecule has 2 aromatic carbocycles. The summed E-state index contributed by atoms with van der Waals surface area (Å²) in [5.74, 6) is -1.63. The van der Waals surface area contributed by atoms with Gasteiger partial charge in [-0.05, 0) is 56.3 Å². The molecule has 9 heteroatoms.